The van der Waals surface area contributed by atoms with Gasteiger partial charge < -0.3 is 4.57 Å². The Morgan fingerprint density at radius 1 is 0.821 bits per heavy atom. The molecule has 0 bridgehead atoms. The lowest BCUT2D eigenvalue weighted by atomic mass is 9.88. The molecule has 0 aliphatic carbocycles. The summed E-state index contributed by atoms with van der Waals surface area (Å²) >= 11 is 0. The number of rotatable bonds is 16. The first-order valence-corrected chi connectivity index (χ1v) is 11.8. The van der Waals surface area contributed by atoms with Crippen molar-refractivity contribution in [2.75, 3.05) is 0 Å². The van der Waals surface area contributed by atoms with Crippen molar-refractivity contribution in [3.63, 3.8) is 0 Å². The molecule has 0 N–H and O–H groups in total. The van der Waals surface area contributed by atoms with Gasteiger partial charge >= 0.3 is 0 Å². The lowest BCUT2D eigenvalue weighted by Crippen LogP contribution is -2.18. The van der Waals surface area contributed by atoms with Gasteiger partial charge in [-0.15, -0.1) is 0 Å². The number of benzene rings is 1. The Morgan fingerprint density at radius 3 is 2.00 bits per heavy atom. The molecule has 156 valence electrons. The highest BCUT2D eigenvalue weighted by Gasteiger charge is 2.18. The zero-order valence-corrected chi connectivity index (χ0v) is 18.4. The van der Waals surface area contributed by atoms with E-state index < -0.39 is 0 Å². The van der Waals surface area contributed by atoms with Crippen LogP contribution in [0.3, 0.4) is 0 Å². The summed E-state index contributed by atoms with van der Waals surface area (Å²) in [6, 6.07) is 11.5. The first-order valence-electron chi connectivity index (χ1n) is 11.8. The number of aromatic nitrogens is 2. The maximum absolute atomic E-state index is 4.26. The van der Waals surface area contributed by atoms with Crippen LogP contribution in [0.25, 0.3) is 0 Å². The molecule has 2 heteroatoms. The fourth-order valence-electron chi connectivity index (χ4n) is 4.26. The first-order chi connectivity index (χ1) is 13.8. The summed E-state index contributed by atoms with van der Waals surface area (Å²) < 4.78 is 2.28. The summed E-state index contributed by atoms with van der Waals surface area (Å²) in [4.78, 5) is 4.26. The molecule has 0 spiro atoms. The summed E-state index contributed by atoms with van der Waals surface area (Å²) in [7, 11) is 0. The molecule has 2 rings (SSSR count). The average molecular weight is 383 g/mol. The molecule has 2 aromatic rings. The molecular formula is C26H42N2. The smallest absolute Gasteiger partial charge is 0.0948 e. The van der Waals surface area contributed by atoms with Crippen molar-refractivity contribution in [2.45, 2.75) is 103 Å². The molecule has 0 aliphatic rings. The monoisotopic (exact) mass is 382 g/mol. The summed E-state index contributed by atoms with van der Waals surface area (Å²) in [6.45, 7) is 4.65. The summed E-state index contributed by atoms with van der Waals surface area (Å²) in [6.07, 6.45) is 24.0. The van der Waals surface area contributed by atoms with E-state index in [2.05, 4.69) is 59.9 Å². The van der Waals surface area contributed by atoms with E-state index in [1.54, 1.807) is 0 Å². The van der Waals surface area contributed by atoms with Gasteiger partial charge in [-0.2, -0.15) is 0 Å². The van der Waals surface area contributed by atoms with Crippen molar-refractivity contribution in [1.82, 2.24) is 9.55 Å². The molecule has 1 aromatic heterocycles. The second-order valence-corrected chi connectivity index (χ2v) is 8.52. The fraction of sp³-hybridized carbons (Fsp3) is 0.654. The standard InChI is InChI=1S/C26H42N2/c1-3-4-5-6-7-8-9-10-11-12-16-19-26(22-25-17-14-13-15-18-25)24(2)28-21-20-27-23-28/h13-15,17-18,20-21,23-24,26H,3-12,16,19,22H2,1-2H3. The second kappa shape index (κ2) is 14.4. The van der Waals surface area contributed by atoms with Gasteiger partial charge in [-0.25, -0.2) is 4.98 Å². The van der Waals surface area contributed by atoms with E-state index >= 15 is 0 Å². The molecule has 28 heavy (non-hydrogen) atoms. The number of nitrogens with zero attached hydrogens (tertiary/aromatic N) is 2. The van der Waals surface area contributed by atoms with Gasteiger partial charge in [0.2, 0.25) is 0 Å². The van der Waals surface area contributed by atoms with E-state index in [1.165, 1.54) is 82.6 Å². The Labute approximate surface area is 173 Å². The molecule has 0 amide bonds. The molecule has 2 atom stereocenters. The van der Waals surface area contributed by atoms with Gasteiger partial charge in [0.1, 0.15) is 0 Å². The third-order valence-corrected chi connectivity index (χ3v) is 6.20. The van der Waals surface area contributed by atoms with Crippen LogP contribution in [-0.4, -0.2) is 9.55 Å². The SMILES string of the molecule is CCCCCCCCCCCCCC(Cc1ccccc1)C(C)n1ccnc1. The molecule has 0 aliphatic heterocycles. The normalized spacial score (nSPS) is 13.5. The molecule has 0 saturated heterocycles. The molecule has 2 nitrogen and oxygen atoms in total. The molecule has 2 unspecified atom stereocenters. The quantitative estimate of drug-likeness (QED) is 0.269. The highest BCUT2D eigenvalue weighted by atomic mass is 15.0. The minimum atomic E-state index is 0.505. The van der Waals surface area contributed by atoms with Crippen molar-refractivity contribution in [1.29, 1.82) is 0 Å². The van der Waals surface area contributed by atoms with E-state index in [4.69, 9.17) is 0 Å². The van der Waals surface area contributed by atoms with Crippen LogP contribution in [0.5, 0.6) is 0 Å². The van der Waals surface area contributed by atoms with Crippen LogP contribution in [0, 0.1) is 5.92 Å². The zero-order chi connectivity index (χ0) is 19.9. The van der Waals surface area contributed by atoms with Crippen LogP contribution in [-0.2, 0) is 6.42 Å². The average Bonchev–Trinajstić information content (AvgIpc) is 3.26. The van der Waals surface area contributed by atoms with Gasteiger partial charge in [-0.3, -0.25) is 0 Å². The van der Waals surface area contributed by atoms with Gasteiger partial charge in [0, 0.05) is 18.4 Å². The van der Waals surface area contributed by atoms with Crippen molar-refractivity contribution < 1.29 is 0 Å². The van der Waals surface area contributed by atoms with Gasteiger partial charge in [-0.05, 0) is 31.2 Å². The van der Waals surface area contributed by atoms with Crippen molar-refractivity contribution in [3.05, 3.63) is 54.6 Å². The number of hydrogen-bond donors (Lipinski definition) is 0. The highest BCUT2D eigenvalue weighted by molar-refractivity contribution is 5.15. The second-order valence-electron chi connectivity index (χ2n) is 8.52. The maximum atomic E-state index is 4.26. The van der Waals surface area contributed by atoms with E-state index in [0.717, 1.165) is 6.42 Å². The van der Waals surface area contributed by atoms with Gasteiger partial charge in [0.05, 0.1) is 6.33 Å². The van der Waals surface area contributed by atoms with Crippen LogP contribution in [0.2, 0.25) is 0 Å². The van der Waals surface area contributed by atoms with E-state index in [1.807, 2.05) is 12.5 Å². The lowest BCUT2D eigenvalue weighted by molar-refractivity contribution is 0.318. The van der Waals surface area contributed by atoms with Crippen LogP contribution in [0.15, 0.2) is 49.1 Å². The molecule has 0 fully saturated rings. The molecule has 1 heterocycles. The predicted octanol–water partition coefficient (Wildman–Crippen LogP) is 8.00. The summed E-state index contributed by atoms with van der Waals surface area (Å²) in [5.41, 5.74) is 1.46. The minimum absolute atomic E-state index is 0.505. The van der Waals surface area contributed by atoms with Crippen LogP contribution >= 0.6 is 0 Å². The van der Waals surface area contributed by atoms with E-state index in [-0.39, 0.29) is 0 Å². The van der Waals surface area contributed by atoms with Gasteiger partial charge in [-0.1, -0.05) is 108 Å². The van der Waals surface area contributed by atoms with E-state index in [9.17, 15) is 0 Å². The summed E-state index contributed by atoms with van der Waals surface area (Å²) in [5, 5.41) is 0. The number of unbranched alkanes of at least 4 members (excludes halogenated alkanes) is 10. The third kappa shape index (κ3) is 9.08. The predicted molar refractivity (Wildman–Crippen MR) is 122 cm³/mol. The highest BCUT2D eigenvalue weighted by Crippen LogP contribution is 2.27. The minimum Gasteiger partial charge on any atom is -0.334 e. The zero-order valence-electron chi connectivity index (χ0n) is 18.4. The van der Waals surface area contributed by atoms with Crippen LogP contribution in [0.4, 0.5) is 0 Å². The largest absolute Gasteiger partial charge is 0.334 e. The number of imidazole rings is 1. The summed E-state index contributed by atoms with van der Waals surface area (Å²) in [5.74, 6) is 0.676. The molecular weight excluding hydrogens is 340 g/mol. The third-order valence-electron chi connectivity index (χ3n) is 6.20. The molecule has 0 radical (unpaired) electrons. The Balaban J connectivity index is 1.65. The van der Waals surface area contributed by atoms with E-state index in [0.29, 0.717) is 12.0 Å². The van der Waals surface area contributed by atoms with Crippen molar-refractivity contribution >= 4 is 0 Å². The Hall–Kier alpha value is -1.57. The van der Waals surface area contributed by atoms with Crippen molar-refractivity contribution in [2.24, 2.45) is 5.92 Å². The lowest BCUT2D eigenvalue weighted by Gasteiger charge is -2.25. The Kier molecular flexibility index (Phi) is 11.7. The maximum Gasteiger partial charge on any atom is 0.0948 e. The molecule has 1 aromatic carbocycles. The van der Waals surface area contributed by atoms with Crippen molar-refractivity contribution in [3.8, 4) is 0 Å². The Bertz CT molecular complexity index is 576. The van der Waals surface area contributed by atoms with Gasteiger partial charge in [0.25, 0.3) is 0 Å². The number of hydrogen-bond acceptors (Lipinski definition) is 1. The van der Waals surface area contributed by atoms with Gasteiger partial charge in [0.15, 0.2) is 0 Å². The molecule has 0 saturated carbocycles. The van der Waals surface area contributed by atoms with Crippen LogP contribution in [0.1, 0.15) is 103 Å². The fourth-order valence-corrected chi connectivity index (χ4v) is 4.26. The van der Waals surface area contributed by atoms with Crippen LogP contribution < -0.4 is 0 Å². The Morgan fingerprint density at radius 2 is 1.43 bits per heavy atom. The first kappa shape index (κ1) is 22.7. The topological polar surface area (TPSA) is 17.8 Å².